The fourth-order valence-electron chi connectivity index (χ4n) is 7.40. The number of ether oxygens (including phenoxy) is 2. The molecule has 8 rings (SSSR count). The number of methoxy groups -OCH3 is 2. The number of hydrogen-bond donors (Lipinski definition) is 0. The molecule has 4 saturated carbocycles. The van der Waals surface area contributed by atoms with Gasteiger partial charge in [0, 0.05) is 47.3 Å². The van der Waals surface area contributed by atoms with Crippen LogP contribution in [0.2, 0.25) is 0 Å². The Bertz CT molecular complexity index is 1530. The largest absolute Gasteiger partial charge is 2.00 e. The SMILES string of the molecule is COc1ccc(C2C(C(=O)[C]3[CH][CH][CH][CH]3)C2c2ccccc2)cc1.COc1ccc(C2C(C(=O)[C]3[CH][CH][CH][CH]3)C2c2ccccc2)cc1.[Fe+2]. The van der Waals surface area contributed by atoms with Crippen molar-refractivity contribution in [2.45, 2.75) is 23.7 Å². The van der Waals surface area contributed by atoms with E-state index in [1.807, 2.05) is 112 Å². The molecule has 4 aromatic rings. The summed E-state index contributed by atoms with van der Waals surface area (Å²) in [5.74, 6) is 4.82. The Morgan fingerprint density at radius 2 is 0.714 bits per heavy atom. The van der Waals surface area contributed by atoms with Crippen molar-refractivity contribution >= 4 is 11.6 Å². The average molecular weight is 687 g/mol. The van der Waals surface area contributed by atoms with Gasteiger partial charge in [-0.15, -0.1) is 0 Å². The summed E-state index contributed by atoms with van der Waals surface area (Å²) in [6.07, 6.45) is 15.3. The van der Waals surface area contributed by atoms with Gasteiger partial charge in [-0.2, -0.15) is 0 Å². The number of carbonyl (C=O) groups excluding carboxylic acids is 2. The van der Waals surface area contributed by atoms with Crippen LogP contribution >= 0.6 is 0 Å². The zero-order chi connectivity index (χ0) is 33.0. The second-order valence-corrected chi connectivity index (χ2v) is 12.6. The molecule has 4 aliphatic rings. The molecule has 49 heavy (non-hydrogen) atoms. The number of benzene rings is 4. The van der Waals surface area contributed by atoms with Crippen molar-refractivity contribution in [2.75, 3.05) is 14.2 Å². The standard InChI is InChI=1S/2C22H19O2.Fe/c2*1-24-18-13-11-16(12-14-18)20-19(15-7-3-2-4-8-15)21(20)22(23)17-9-5-6-10-17;/h2*2-14,19-21H,1H3;/q;;+2. The summed E-state index contributed by atoms with van der Waals surface area (Å²) < 4.78 is 10.5. The molecule has 0 bridgehead atoms. The molecule has 5 heteroatoms. The summed E-state index contributed by atoms with van der Waals surface area (Å²) in [5.41, 5.74) is 4.88. The van der Waals surface area contributed by atoms with Gasteiger partial charge in [-0.1, -0.05) is 84.9 Å². The minimum absolute atomic E-state index is 0. The molecular formula is C44H38FeO4+2. The predicted octanol–water partition coefficient (Wildman–Crippen LogP) is 8.33. The molecule has 0 spiro atoms. The van der Waals surface area contributed by atoms with Gasteiger partial charge in [0.05, 0.1) is 14.2 Å². The maximum absolute atomic E-state index is 12.9. The minimum Gasteiger partial charge on any atom is -0.497 e. The molecule has 0 saturated heterocycles. The van der Waals surface area contributed by atoms with Crippen molar-refractivity contribution in [2.24, 2.45) is 11.8 Å². The molecule has 6 atom stereocenters. The van der Waals surface area contributed by atoms with E-state index in [0.717, 1.165) is 23.3 Å². The normalized spacial score (nSPS) is 25.8. The molecule has 4 fully saturated rings. The summed E-state index contributed by atoms with van der Waals surface area (Å²) in [6, 6.07) is 36.9. The molecule has 0 aliphatic heterocycles. The van der Waals surface area contributed by atoms with E-state index in [1.54, 1.807) is 14.2 Å². The summed E-state index contributed by atoms with van der Waals surface area (Å²) in [6.45, 7) is 0. The van der Waals surface area contributed by atoms with Crippen molar-refractivity contribution in [1.29, 1.82) is 0 Å². The Labute approximate surface area is 302 Å². The van der Waals surface area contributed by atoms with Crippen LogP contribution in [0.5, 0.6) is 11.5 Å². The van der Waals surface area contributed by atoms with Crippen LogP contribution in [0.3, 0.4) is 0 Å². The van der Waals surface area contributed by atoms with Crippen LogP contribution in [0.15, 0.2) is 109 Å². The summed E-state index contributed by atoms with van der Waals surface area (Å²) in [7, 11) is 3.33. The first-order valence-electron chi connectivity index (χ1n) is 16.5. The van der Waals surface area contributed by atoms with Gasteiger partial charge < -0.3 is 9.47 Å². The van der Waals surface area contributed by atoms with Crippen LogP contribution < -0.4 is 9.47 Å². The maximum atomic E-state index is 12.9. The monoisotopic (exact) mass is 686 g/mol. The molecule has 4 aliphatic carbocycles. The topological polar surface area (TPSA) is 52.6 Å². The van der Waals surface area contributed by atoms with E-state index in [2.05, 4.69) is 48.5 Å². The van der Waals surface area contributed by atoms with E-state index in [-0.39, 0.29) is 64.1 Å². The second-order valence-electron chi connectivity index (χ2n) is 12.6. The molecule has 244 valence electrons. The van der Waals surface area contributed by atoms with Gasteiger partial charge in [0.25, 0.3) is 0 Å². The average Bonchev–Trinajstić information content (AvgIpc) is 3.87. The van der Waals surface area contributed by atoms with E-state index in [1.165, 1.54) is 22.3 Å². The molecule has 10 radical (unpaired) electrons. The molecule has 6 unspecified atom stereocenters. The zero-order valence-electron chi connectivity index (χ0n) is 27.5. The van der Waals surface area contributed by atoms with Crippen LogP contribution in [0.1, 0.15) is 45.9 Å². The van der Waals surface area contributed by atoms with Crippen molar-refractivity contribution in [3.05, 3.63) is 195 Å². The first-order chi connectivity index (χ1) is 23.6. The maximum Gasteiger partial charge on any atom is 2.00 e. The molecular weight excluding hydrogens is 648 g/mol. The quantitative estimate of drug-likeness (QED) is 0.158. The first kappa shape index (κ1) is 35.2. The minimum atomic E-state index is 0. The second kappa shape index (κ2) is 15.9. The Morgan fingerprint density at radius 1 is 0.429 bits per heavy atom. The Kier molecular flexibility index (Phi) is 11.4. The van der Waals surface area contributed by atoms with Gasteiger partial charge >= 0.3 is 17.1 Å². The molecule has 0 amide bonds. The van der Waals surface area contributed by atoms with Gasteiger partial charge in [-0.05, 0) is 97.9 Å². The van der Waals surface area contributed by atoms with E-state index >= 15 is 0 Å². The van der Waals surface area contributed by atoms with Crippen LogP contribution in [-0.2, 0) is 26.7 Å². The van der Waals surface area contributed by atoms with Crippen LogP contribution in [0.4, 0.5) is 0 Å². The van der Waals surface area contributed by atoms with Crippen LogP contribution in [0, 0.1) is 75.0 Å². The van der Waals surface area contributed by atoms with Gasteiger partial charge in [0.15, 0.2) is 0 Å². The van der Waals surface area contributed by atoms with E-state index in [0.29, 0.717) is 0 Å². The predicted molar refractivity (Wildman–Crippen MR) is 188 cm³/mol. The number of carbonyl (C=O) groups is 2. The number of rotatable bonds is 10. The third kappa shape index (κ3) is 7.59. The Morgan fingerprint density at radius 3 is 1.00 bits per heavy atom. The fourth-order valence-corrected chi connectivity index (χ4v) is 7.40. The fraction of sp³-hybridized carbons (Fsp3) is 0.182. The summed E-state index contributed by atoms with van der Waals surface area (Å²) >= 11 is 0. The third-order valence-electron chi connectivity index (χ3n) is 9.91. The summed E-state index contributed by atoms with van der Waals surface area (Å²) in [5, 5.41) is 0. The van der Waals surface area contributed by atoms with E-state index in [4.69, 9.17) is 9.47 Å². The molecule has 0 N–H and O–H groups in total. The van der Waals surface area contributed by atoms with Gasteiger partial charge in [-0.25, -0.2) is 0 Å². The van der Waals surface area contributed by atoms with E-state index in [9.17, 15) is 9.59 Å². The molecule has 0 heterocycles. The molecule has 4 nitrogen and oxygen atoms in total. The zero-order valence-corrected chi connectivity index (χ0v) is 28.6. The number of ketones is 2. The Balaban J connectivity index is 0.000000167. The first-order valence-corrected chi connectivity index (χ1v) is 16.5. The van der Waals surface area contributed by atoms with E-state index < -0.39 is 0 Å². The van der Waals surface area contributed by atoms with Crippen molar-refractivity contribution in [3.63, 3.8) is 0 Å². The van der Waals surface area contributed by atoms with Crippen molar-refractivity contribution in [1.82, 2.24) is 0 Å². The van der Waals surface area contributed by atoms with Gasteiger partial charge in [0.2, 0.25) is 0 Å². The molecule has 0 aromatic heterocycles. The molecule has 4 aromatic carbocycles. The van der Waals surface area contributed by atoms with Gasteiger partial charge in [-0.3, -0.25) is 9.59 Å². The Hall–Kier alpha value is -3.66. The third-order valence-corrected chi connectivity index (χ3v) is 9.91. The number of hydrogen-bond acceptors (Lipinski definition) is 4. The van der Waals surface area contributed by atoms with Crippen molar-refractivity contribution in [3.8, 4) is 11.5 Å². The van der Waals surface area contributed by atoms with Crippen LogP contribution in [-0.4, -0.2) is 25.8 Å². The van der Waals surface area contributed by atoms with Crippen molar-refractivity contribution < 1.29 is 36.1 Å². The summed E-state index contributed by atoms with van der Waals surface area (Å²) in [4.78, 5) is 25.9. The smallest absolute Gasteiger partial charge is 0.497 e. The van der Waals surface area contributed by atoms with Gasteiger partial charge in [0.1, 0.15) is 23.1 Å². The number of Topliss-reactive ketones (excluding diaryl/α,β-unsaturated/α-hetero) is 2. The van der Waals surface area contributed by atoms with Crippen LogP contribution in [0.25, 0.3) is 0 Å².